The number of carbonyl (C=O) groups excluding carboxylic acids is 1. The van der Waals surface area contributed by atoms with Crippen molar-refractivity contribution in [3.63, 3.8) is 0 Å². The van der Waals surface area contributed by atoms with Gasteiger partial charge in [0, 0.05) is 33.2 Å². The van der Waals surface area contributed by atoms with Crippen molar-refractivity contribution in [1.29, 1.82) is 0 Å². The summed E-state index contributed by atoms with van der Waals surface area (Å²) >= 11 is 0. The summed E-state index contributed by atoms with van der Waals surface area (Å²) in [7, 11) is 3.53. The van der Waals surface area contributed by atoms with Gasteiger partial charge < -0.3 is 15.5 Å². The van der Waals surface area contributed by atoms with Crippen molar-refractivity contribution >= 4 is 6.03 Å². The van der Waals surface area contributed by atoms with Gasteiger partial charge in [-0.25, -0.2) is 4.79 Å². The van der Waals surface area contributed by atoms with Crippen LogP contribution in [-0.2, 0) is 0 Å². The van der Waals surface area contributed by atoms with E-state index in [0.717, 1.165) is 18.4 Å². The van der Waals surface area contributed by atoms with Crippen LogP contribution in [0.15, 0.2) is 0 Å². The highest BCUT2D eigenvalue weighted by Crippen LogP contribution is 2.28. The molecule has 0 aromatic heterocycles. The molecule has 1 aliphatic carbocycles. The Balaban J connectivity index is 2.15. The van der Waals surface area contributed by atoms with Crippen LogP contribution in [0.5, 0.6) is 0 Å². The summed E-state index contributed by atoms with van der Waals surface area (Å²) in [5, 5.41) is 6.47. The summed E-state index contributed by atoms with van der Waals surface area (Å²) in [5.41, 5.74) is 0. The highest BCUT2D eigenvalue weighted by molar-refractivity contribution is 5.73. The first kappa shape index (κ1) is 16.3. The Morgan fingerprint density at radius 3 is 2.53 bits per heavy atom. The molecule has 0 heterocycles. The van der Waals surface area contributed by atoms with Crippen molar-refractivity contribution in [3.8, 4) is 0 Å². The van der Waals surface area contributed by atoms with E-state index < -0.39 is 0 Å². The van der Waals surface area contributed by atoms with Crippen LogP contribution in [0.25, 0.3) is 0 Å². The average Bonchev–Trinajstić information content (AvgIpc) is 2.59. The Labute approximate surface area is 118 Å². The standard InChI is InChI=1S/C15H31N3O/c1-12(2)13-6-5-7-14(9-8-13)16-10-11-17-15(19)18(3)4/h12-14,16H,5-11H2,1-4H3,(H,17,19). The van der Waals surface area contributed by atoms with Crippen LogP contribution in [0.3, 0.4) is 0 Å². The summed E-state index contributed by atoms with van der Waals surface area (Å²) in [6, 6.07) is 0.627. The third kappa shape index (κ3) is 6.28. The Bertz CT molecular complexity index is 266. The van der Waals surface area contributed by atoms with Crippen LogP contribution in [0, 0.1) is 11.8 Å². The second kappa shape index (κ2) is 8.41. The van der Waals surface area contributed by atoms with Crippen molar-refractivity contribution in [2.75, 3.05) is 27.2 Å². The van der Waals surface area contributed by atoms with Crippen molar-refractivity contribution in [2.24, 2.45) is 11.8 Å². The van der Waals surface area contributed by atoms with Crippen molar-refractivity contribution in [2.45, 2.75) is 52.0 Å². The van der Waals surface area contributed by atoms with Gasteiger partial charge in [-0.05, 0) is 31.1 Å². The minimum Gasteiger partial charge on any atom is -0.337 e. The minimum atomic E-state index is -0.0115. The molecule has 4 nitrogen and oxygen atoms in total. The second-order valence-corrected chi connectivity index (χ2v) is 6.29. The molecule has 1 rings (SSSR count). The molecule has 4 heteroatoms. The van der Waals surface area contributed by atoms with E-state index in [9.17, 15) is 4.79 Å². The van der Waals surface area contributed by atoms with E-state index in [4.69, 9.17) is 0 Å². The summed E-state index contributed by atoms with van der Waals surface area (Å²) in [5.74, 6) is 1.72. The molecule has 0 saturated heterocycles. The summed E-state index contributed by atoms with van der Waals surface area (Å²) in [6.07, 6.45) is 6.63. The molecule has 2 N–H and O–H groups in total. The number of carbonyl (C=O) groups is 1. The predicted molar refractivity (Wildman–Crippen MR) is 80.3 cm³/mol. The molecule has 1 aliphatic rings. The molecule has 0 radical (unpaired) electrons. The molecule has 19 heavy (non-hydrogen) atoms. The fourth-order valence-corrected chi connectivity index (χ4v) is 2.81. The molecule has 2 amide bonds. The first-order valence-corrected chi connectivity index (χ1v) is 7.69. The number of hydrogen-bond donors (Lipinski definition) is 2. The van der Waals surface area contributed by atoms with Crippen LogP contribution in [0.2, 0.25) is 0 Å². The molecule has 0 aliphatic heterocycles. The zero-order valence-corrected chi connectivity index (χ0v) is 13.0. The van der Waals surface area contributed by atoms with E-state index in [1.807, 2.05) is 0 Å². The van der Waals surface area contributed by atoms with E-state index in [0.29, 0.717) is 12.6 Å². The van der Waals surface area contributed by atoms with E-state index in [1.165, 1.54) is 32.1 Å². The quantitative estimate of drug-likeness (QED) is 0.595. The maximum atomic E-state index is 11.4. The van der Waals surface area contributed by atoms with Gasteiger partial charge in [0.05, 0.1) is 0 Å². The van der Waals surface area contributed by atoms with Gasteiger partial charge in [0.1, 0.15) is 0 Å². The molecule has 0 spiro atoms. The molecule has 112 valence electrons. The molecule has 0 aromatic carbocycles. The van der Waals surface area contributed by atoms with E-state index in [1.54, 1.807) is 19.0 Å². The molecule has 1 saturated carbocycles. The van der Waals surface area contributed by atoms with Gasteiger partial charge in [0.25, 0.3) is 0 Å². The number of hydrogen-bond acceptors (Lipinski definition) is 2. The fraction of sp³-hybridized carbons (Fsp3) is 0.933. The summed E-state index contributed by atoms with van der Waals surface area (Å²) in [6.45, 7) is 6.27. The van der Waals surface area contributed by atoms with E-state index in [-0.39, 0.29) is 6.03 Å². The molecule has 2 unspecified atom stereocenters. The smallest absolute Gasteiger partial charge is 0.316 e. The SMILES string of the molecule is CC(C)C1CCCC(NCCNC(=O)N(C)C)CC1. The molecule has 1 fully saturated rings. The average molecular weight is 269 g/mol. The third-order valence-electron chi connectivity index (χ3n) is 4.20. The van der Waals surface area contributed by atoms with Gasteiger partial charge in [0.15, 0.2) is 0 Å². The van der Waals surface area contributed by atoms with Gasteiger partial charge in [-0.2, -0.15) is 0 Å². The number of rotatable bonds is 5. The molecule has 0 bridgehead atoms. The lowest BCUT2D eigenvalue weighted by Crippen LogP contribution is -2.40. The Hall–Kier alpha value is -0.770. The Morgan fingerprint density at radius 2 is 1.89 bits per heavy atom. The van der Waals surface area contributed by atoms with E-state index >= 15 is 0 Å². The predicted octanol–water partition coefficient (Wildman–Crippen LogP) is 2.45. The number of nitrogens with one attached hydrogen (secondary N) is 2. The maximum absolute atomic E-state index is 11.4. The molecular formula is C15H31N3O. The van der Waals surface area contributed by atoms with Crippen LogP contribution < -0.4 is 10.6 Å². The number of urea groups is 1. The Kier molecular flexibility index (Phi) is 7.21. The van der Waals surface area contributed by atoms with E-state index in [2.05, 4.69) is 24.5 Å². The minimum absolute atomic E-state index is 0.0115. The Morgan fingerprint density at radius 1 is 1.16 bits per heavy atom. The number of nitrogens with zero attached hydrogens (tertiary/aromatic N) is 1. The van der Waals surface area contributed by atoms with Crippen LogP contribution >= 0.6 is 0 Å². The van der Waals surface area contributed by atoms with Crippen molar-refractivity contribution in [3.05, 3.63) is 0 Å². The lowest BCUT2D eigenvalue weighted by Gasteiger charge is -2.19. The molecule has 0 aromatic rings. The van der Waals surface area contributed by atoms with Gasteiger partial charge in [-0.3, -0.25) is 0 Å². The largest absolute Gasteiger partial charge is 0.337 e. The van der Waals surface area contributed by atoms with Gasteiger partial charge in [-0.1, -0.05) is 26.7 Å². The number of amides is 2. The first-order valence-electron chi connectivity index (χ1n) is 7.69. The zero-order chi connectivity index (χ0) is 14.3. The fourth-order valence-electron chi connectivity index (χ4n) is 2.81. The molecule has 2 atom stereocenters. The normalized spacial score (nSPS) is 24.1. The first-order chi connectivity index (χ1) is 9.00. The monoisotopic (exact) mass is 269 g/mol. The topological polar surface area (TPSA) is 44.4 Å². The molecular weight excluding hydrogens is 238 g/mol. The van der Waals surface area contributed by atoms with Crippen molar-refractivity contribution < 1.29 is 4.79 Å². The van der Waals surface area contributed by atoms with Crippen LogP contribution in [0.4, 0.5) is 4.79 Å². The third-order valence-corrected chi connectivity index (χ3v) is 4.20. The lowest BCUT2D eigenvalue weighted by molar-refractivity contribution is 0.217. The highest BCUT2D eigenvalue weighted by Gasteiger charge is 2.20. The van der Waals surface area contributed by atoms with Crippen LogP contribution in [0.1, 0.15) is 46.0 Å². The lowest BCUT2D eigenvalue weighted by atomic mass is 9.89. The van der Waals surface area contributed by atoms with Crippen LogP contribution in [-0.4, -0.2) is 44.2 Å². The van der Waals surface area contributed by atoms with Gasteiger partial charge in [0.2, 0.25) is 0 Å². The second-order valence-electron chi connectivity index (χ2n) is 6.29. The van der Waals surface area contributed by atoms with Crippen molar-refractivity contribution in [1.82, 2.24) is 15.5 Å². The zero-order valence-electron chi connectivity index (χ0n) is 13.0. The highest BCUT2D eigenvalue weighted by atomic mass is 16.2. The van der Waals surface area contributed by atoms with Gasteiger partial charge >= 0.3 is 6.03 Å². The van der Waals surface area contributed by atoms with Gasteiger partial charge in [-0.15, -0.1) is 0 Å². The summed E-state index contributed by atoms with van der Waals surface area (Å²) < 4.78 is 0. The maximum Gasteiger partial charge on any atom is 0.316 e. The summed E-state index contributed by atoms with van der Waals surface area (Å²) in [4.78, 5) is 12.9.